The predicted octanol–water partition coefficient (Wildman–Crippen LogP) is 3.77. The Morgan fingerprint density at radius 1 is 0.912 bits per heavy atom. The summed E-state index contributed by atoms with van der Waals surface area (Å²) >= 11 is 0. The van der Waals surface area contributed by atoms with Crippen LogP contribution in [0.1, 0.15) is 41.8 Å². The van der Waals surface area contributed by atoms with Crippen LogP contribution in [0.3, 0.4) is 0 Å². The van der Waals surface area contributed by atoms with Gasteiger partial charge >= 0.3 is 0 Å². The van der Waals surface area contributed by atoms with Crippen LogP contribution < -0.4 is 14.2 Å². The molecule has 0 unspecified atom stereocenters. The van der Waals surface area contributed by atoms with Gasteiger partial charge in [-0.3, -0.25) is 4.79 Å². The van der Waals surface area contributed by atoms with Crippen molar-refractivity contribution in [2.24, 2.45) is 0 Å². The van der Waals surface area contributed by atoms with E-state index in [1.807, 2.05) is 32.0 Å². The minimum absolute atomic E-state index is 0.132. The number of carbonyl (C=O) groups excluding carboxylic acids is 1. The summed E-state index contributed by atoms with van der Waals surface area (Å²) in [6.07, 6.45) is 0.366. The second kappa shape index (κ2) is 9.92. The van der Waals surface area contributed by atoms with E-state index in [0.717, 1.165) is 5.56 Å². The lowest BCUT2D eigenvalue weighted by Gasteiger charge is -2.23. The van der Waals surface area contributed by atoms with Gasteiger partial charge in [0.05, 0.1) is 27.4 Å². The standard InChI is InChI=1S/C26H32O8/c1-26(2)33-23-18(32-25(31-6)24(23)34-26)11-10-15-8-7-9-16(12-15)21(27)17-13-19(28-3)22(30-5)20(14-17)29-4/h7-9,12-14,18,23-25H,10-11H2,1-6H3/t18-,23-,24-,25-/m0/s1. The summed E-state index contributed by atoms with van der Waals surface area (Å²) in [6, 6.07) is 10.9. The molecule has 0 saturated carbocycles. The third-order valence-corrected chi connectivity index (χ3v) is 6.17. The van der Waals surface area contributed by atoms with Crippen molar-refractivity contribution in [2.45, 2.75) is 57.1 Å². The van der Waals surface area contributed by atoms with Crippen molar-refractivity contribution in [1.82, 2.24) is 0 Å². The fraction of sp³-hybridized carbons (Fsp3) is 0.500. The van der Waals surface area contributed by atoms with Crippen molar-refractivity contribution in [1.29, 1.82) is 0 Å². The number of methoxy groups -OCH3 is 4. The Labute approximate surface area is 200 Å². The molecule has 0 amide bonds. The van der Waals surface area contributed by atoms with Crippen LogP contribution in [-0.4, -0.2) is 64.6 Å². The Morgan fingerprint density at radius 3 is 2.21 bits per heavy atom. The second-order valence-corrected chi connectivity index (χ2v) is 8.83. The highest BCUT2D eigenvalue weighted by molar-refractivity contribution is 6.09. The van der Waals surface area contributed by atoms with Gasteiger partial charge in [0, 0.05) is 18.2 Å². The molecule has 2 aromatic carbocycles. The van der Waals surface area contributed by atoms with E-state index in [0.29, 0.717) is 41.2 Å². The minimum Gasteiger partial charge on any atom is -0.493 e. The summed E-state index contributed by atoms with van der Waals surface area (Å²) in [7, 11) is 6.18. The molecule has 2 aliphatic heterocycles. The Bertz CT molecular complexity index is 1010. The lowest BCUT2D eigenvalue weighted by atomic mass is 9.97. The van der Waals surface area contributed by atoms with E-state index in [1.54, 1.807) is 25.3 Å². The summed E-state index contributed by atoms with van der Waals surface area (Å²) in [5.74, 6) is 0.515. The molecule has 8 heteroatoms. The minimum atomic E-state index is -0.666. The largest absolute Gasteiger partial charge is 0.493 e. The summed E-state index contributed by atoms with van der Waals surface area (Å²) in [5.41, 5.74) is 2.06. The lowest BCUT2D eigenvalue weighted by molar-refractivity contribution is -0.227. The van der Waals surface area contributed by atoms with Gasteiger partial charge in [-0.05, 0) is 50.5 Å². The topological polar surface area (TPSA) is 81.7 Å². The van der Waals surface area contributed by atoms with Crippen molar-refractivity contribution in [3.8, 4) is 17.2 Å². The molecule has 0 radical (unpaired) electrons. The number of ketones is 1. The van der Waals surface area contributed by atoms with Crippen LogP contribution in [0, 0.1) is 0 Å². The first-order chi connectivity index (χ1) is 16.3. The molecule has 4 atom stereocenters. The Balaban J connectivity index is 1.49. The molecule has 0 aromatic heterocycles. The highest BCUT2D eigenvalue weighted by atomic mass is 16.8. The van der Waals surface area contributed by atoms with Gasteiger partial charge in [0.15, 0.2) is 29.4 Å². The highest BCUT2D eigenvalue weighted by Gasteiger charge is 2.55. The molecule has 0 aliphatic carbocycles. The van der Waals surface area contributed by atoms with Crippen molar-refractivity contribution >= 4 is 5.78 Å². The Morgan fingerprint density at radius 2 is 1.59 bits per heavy atom. The molecule has 2 aliphatic rings. The molecule has 2 saturated heterocycles. The van der Waals surface area contributed by atoms with Crippen LogP contribution in [-0.2, 0) is 25.4 Å². The Hall–Kier alpha value is -2.65. The third kappa shape index (κ3) is 4.77. The quantitative estimate of drug-likeness (QED) is 0.510. The number of benzene rings is 2. The number of aryl methyl sites for hydroxylation is 1. The van der Waals surface area contributed by atoms with Crippen molar-refractivity contribution in [2.75, 3.05) is 28.4 Å². The van der Waals surface area contributed by atoms with Crippen LogP contribution in [0.25, 0.3) is 0 Å². The Kier molecular flexibility index (Phi) is 7.14. The number of ether oxygens (including phenoxy) is 7. The van der Waals surface area contributed by atoms with Crippen LogP contribution in [0.2, 0.25) is 0 Å². The number of hydrogen-bond acceptors (Lipinski definition) is 8. The van der Waals surface area contributed by atoms with Crippen molar-refractivity contribution < 1.29 is 38.0 Å². The first kappa shape index (κ1) is 24.5. The number of fused-ring (bicyclic) bond motifs is 1. The van der Waals surface area contributed by atoms with Gasteiger partial charge < -0.3 is 33.2 Å². The number of rotatable bonds is 9. The summed E-state index contributed by atoms with van der Waals surface area (Å²) in [5, 5.41) is 0. The maximum atomic E-state index is 13.3. The van der Waals surface area contributed by atoms with Crippen LogP contribution >= 0.6 is 0 Å². The van der Waals surface area contributed by atoms with Gasteiger partial charge in [0.1, 0.15) is 12.2 Å². The van der Waals surface area contributed by atoms with Crippen LogP contribution in [0.15, 0.2) is 36.4 Å². The van der Waals surface area contributed by atoms with Gasteiger partial charge in [-0.2, -0.15) is 0 Å². The van der Waals surface area contributed by atoms with E-state index in [4.69, 9.17) is 33.2 Å². The average Bonchev–Trinajstić information content (AvgIpc) is 3.33. The van der Waals surface area contributed by atoms with Crippen LogP contribution in [0.4, 0.5) is 0 Å². The van der Waals surface area contributed by atoms with E-state index < -0.39 is 12.1 Å². The van der Waals surface area contributed by atoms with Crippen LogP contribution in [0.5, 0.6) is 17.2 Å². The first-order valence-electron chi connectivity index (χ1n) is 11.3. The third-order valence-electron chi connectivity index (χ3n) is 6.17. The zero-order valence-electron chi connectivity index (χ0n) is 20.5. The van der Waals surface area contributed by atoms with Crippen molar-refractivity contribution in [3.63, 3.8) is 0 Å². The molecule has 0 bridgehead atoms. The zero-order chi connectivity index (χ0) is 24.5. The monoisotopic (exact) mass is 472 g/mol. The summed E-state index contributed by atoms with van der Waals surface area (Å²) < 4.78 is 39.7. The molecule has 184 valence electrons. The molecular formula is C26H32O8. The van der Waals surface area contributed by atoms with Gasteiger partial charge in [0.25, 0.3) is 0 Å². The molecule has 4 rings (SSSR count). The van der Waals surface area contributed by atoms with Gasteiger partial charge in [-0.25, -0.2) is 0 Å². The fourth-order valence-corrected chi connectivity index (χ4v) is 4.62. The fourth-order valence-electron chi connectivity index (χ4n) is 4.62. The normalized spacial score (nSPS) is 25.1. The molecule has 2 fully saturated rings. The molecule has 8 nitrogen and oxygen atoms in total. The molecule has 0 N–H and O–H groups in total. The molecule has 0 spiro atoms. The summed E-state index contributed by atoms with van der Waals surface area (Å²) in [4.78, 5) is 13.3. The highest BCUT2D eigenvalue weighted by Crippen LogP contribution is 2.41. The molecule has 34 heavy (non-hydrogen) atoms. The van der Waals surface area contributed by atoms with E-state index >= 15 is 0 Å². The smallest absolute Gasteiger partial charge is 0.203 e. The molecular weight excluding hydrogens is 440 g/mol. The van der Waals surface area contributed by atoms with E-state index in [9.17, 15) is 4.79 Å². The van der Waals surface area contributed by atoms with Gasteiger partial charge in [-0.1, -0.05) is 18.2 Å². The molecule has 2 aromatic rings. The second-order valence-electron chi connectivity index (χ2n) is 8.83. The lowest BCUT2D eigenvalue weighted by Crippen LogP contribution is -2.30. The molecule has 2 heterocycles. The van der Waals surface area contributed by atoms with Crippen molar-refractivity contribution in [3.05, 3.63) is 53.1 Å². The average molecular weight is 473 g/mol. The van der Waals surface area contributed by atoms with E-state index in [-0.39, 0.29) is 24.1 Å². The number of hydrogen-bond donors (Lipinski definition) is 0. The van der Waals surface area contributed by atoms with Gasteiger partial charge in [-0.15, -0.1) is 0 Å². The van der Waals surface area contributed by atoms with E-state index in [2.05, 4.69) is 0 Å². The first-order valence-corrected chi connectivity index (χ1v) is 11.3. The maximum absolute atomic E-state index is 13.3. The zero-order valence-corrected chi connectivity index (χ0v) is 20.5. The summed E-state index contributed by atoms with van der Waals surface area (Å²) in [6.45, 7) is 3.79. The predicted molar refractivity (Wildman–Crippen MR) is 124 cm³/mol. The maximum Gasteiger partial charge on any atom is 0.203 e. The van der Waals surface area contributed by atoms with Gasteiger partial charge in [0.2, 0.25) is 5.75 Å². The van der Waals surface area contributed by atoms with E-state index in [1.165, 1.54) is 21.3 Å². The number of carbonyl (C=O) groups is 1. The SMILES string of the molecule is COc1cc(C(=O)c2cccc(CC[C@@H]3O[C@H](OC)[C@H]4OC(C)(C)O[C@H]43)c2)cc(OC)c1OC.